The first-order chi connectivity index (χ1) is 22.7. The number of nitrogens with one attached hydrogen (secondary N) is 1. The van der Waals surface area contributed by atoms with Crippen molar-refractivity contribution in [1.29, 1.82) is 0 Å². The molecular formula is C39H48N2O6. The number of nitrogens with zero attached hydrogens (tertiary/aromatic N) is 1. The first-order valence-electron chi connectivity index (χ1n) is 16.8. The SMILES string of the molecule is C=CCN(CC1OC(c2cccc(-c3cccc(CNC(=O)C(C)OC(C)=O)c3)c2)OC(c2ccc(CO)cc2)C1C)C1CCCC1. The van der Waals surface area contributed by atoms with E-state index >= 15 is 0 Å². The van der Waals surface area contributed by atoms with E-state index in [1.54, 1.807) is 6.92 Å². The van der Waals surface area contributed by atoms with Crippen molar-refractivity contribution >= 4 is 11.9 Å². The molecule has 1 amide bonds. The van der Waals surface area contributed by atoms with Crippen LogP contribution in [0.15, 0.2) is 85.5 Å². The summed E-state index contributed by atoms with van der Waals surface area (Å²) in [5.74, 6) is -0.739. The maximum atomic E-state index is 12.4. The number of aliphatic hydroxyl groups excluding tert-OH is 1. The Bertz CT molecular complexity index is 1500. The van der Waals surface area contributed by atoms with E-state index in [0.717, 1.165) is 46.5 Å². The Balaban J connectivity index is 1.38. The molecule has 47 heavy (non-hydrogen) atoms. The lowest BCUT2D eigenvalue weighted by atomic mass is 9.89. The zero-order chi connectivity index (χ0) is 33.3. The minimum Gasteiger partial charge on any atom is -0.453 e. The second kappa shape index (κ2) is 16.3. The van der Waals surface area contributed by atoms with Gasteiger partial charge in [-0.3, -0.25) is 14.5 Å². The van der Waals surface area contributed by atoms with E-state index in [-0.39, 0.29) is 30.6 Å². The molecule has 250 valence electrons. The molecule has 1 saturated heterocycles. The molecule has 8 nitrogen and oxygen atoms in total. The van der Waals surface area contributed by atoms with Crippen LogP contribution in [0.4, 0.5) is 0 Å². The van der Waals surface area contributed by atoms with E-state index in [0.29, 0.717) is 12.6 Å². The first kappa shape index (κ1) is 34.5. The van der Waals surface area contributed by atoms with Crippen molar-refractivity contribution in [3.63, 3.8) is 0 Å². The predicted octanol–water partition coefficient (Wildman–Crippen LogP) is 6.64. The predicted molar refractivity (Wildman–Crippen MR) is 182 cm³/mol. The molecule has 0 radical (unpaired) electrons. The summed E-state index contributed by atoms with van der Waals surface area (Å²) in [6, 6.07) is 24.8. The van der Waals surface area contributed by atoms with Crippen molar-refractivity contribution in [1.82, 2.24) is 10.2 Å². The fourth-order valence-electron chi connectivity index (χ4n) is 6.73. The molecule has 1 aliphatic carbocycles. The summed E-state index contributed by atoms with van der Waals surface area (Å²) < 4.78 is 18.6. The second-order valence-electron chi connectivity index (χ2n) is 12.8. The highest BCUT2D eigenvalue weighted by molar-refractivity contribution is 5.82. The summed E-state index contributed by atoms with van der Waals surface area (Å²) in [6.45, 7) is 11.0. The van der Waals surface area contributed by atoms with Gasteiger partial charge in [-0.2, -0.15) is 0 Å². The molecule has 3 aromatic carbocycles. The summed E-state index contributed by atoms with van der Waals surface area (Å²) >= 11 is 0. The number of ether oxygens (including phenoxy) is 3. The minimum atomic E-state index is -0.854. The third-order valence-corrected chi connectivity index (χ3v) is 9.34. The van der Waals surface area contributed by atoms with Crippen LogP contribution >= 0.6 is 0 Å². The Morgan fingerprint density at radius 3 is 2.38 bits per heavy atom. The summed E-state index contributed by atoms with van der Waals surface area (Å²) in [5, 5.41) is 12.5. The van der Waals surface area contributed by atoms with Crippen molar-refractivity contribution in [3.8, 4) is 11.1 Å². The van der Waals surface area contributed by atoms with Gasteiger partial charge in [0.2, 0.25) is 0 Å². The van der Waals surface area contributed by atoms with Crippen LogP contribution in [0.1, 0.15) is 81.1 Å². The van der Waals surface area contributed by atoms with Crippen LogP contribution in [0.2, 0.25) is 0 Å². The van der Waals surface area contributed by atoms with Gasteiger partial charge in [-0.25, -0.2) is 0 Å². The average molecular weight is 641 g/mol. The Hall–Kier alpha value is -3.82. The highest BCUT2D eigenvalue weighted by Gasteiger charge is 2.40. The maximum absolute atomic E-state index is 12.4. The number of esters is 1. The molecule has 1 aliphatic heterocycles. The number of hydrogen-bond acceptors (Lipinski definition) is 7. The number of benzene rings is 3. The summed E-state index contributed by atoms with van der Waals surface area (Å²) in [6.07, 6.45) is 5.25. The van der Waals surface area contributed by atoms with Crippen LogP contribution in [0, 0.1) is 5.92 Å². The molecule has 3 aromatic rings. The smallest absolute Gasteiger partial charge is 0.303 e. The van der Waals surface area contributed by atoms with E-state index in [1.807, 2.05) is 54.6 Å². The lowest BCUT2D eigenvalue weighted by Crippen LogP contribution is -2.47. The number of hydrogen-bond donors (Lipinski definition) is 2. The Labute approximate surface area is 278 Å². The zero-order valence-electron chi connectivity index (χ0n) is 27.8. The van der Waals surface area contributed by atoms with E-state index in [2.05, 4.69) is 48.0 Å². The molecule has 5 atom stereocenters. The molecule has 8 heteroatoms. The van der Waals surface area contributed by atoms with Gasteiger partial charge >= 0.3 is 5.97 Å². The molecule has 0 spiro atoms. The molecule has 1 heterocycles. The Morgan fingerprint density at radius 1 is 1.00 bits per heavy atom. The van der Waals surface area contributed by atoms with Gasteiger partial charge in [-0.05, 0) is 59.7 Å². The number of carbonyl (C=O) groups is 2. The molecule has 1 saturated carbocycles. The van der Waals surface area contributed by atoms with Gasteiger partial charge in [-0.15, -0.1) is 6.58 Å². The van der Waals surface area contributed by atoms with Crippen molar-refractivity contribution < 1.29 is 28.9 Å². The second-order valence-corrected chi connectivity index (χ2v) is 12.8. The molecule has 0 aromatic heterocycles. The molecule has 5 rings (SSSR count). The van der Waals surface area contributed by atoms with Crippen molar-refractivity contribution in [3.05, 3.63) is 108 Å². The minimum absolute atomic E-state index is 0.00138. The van der Waals surface area contributed by atoms with Gasteiger partial charge < -0.3 is 24.6 Å². The third-order valence-electron chi connectivity index (χ3n) is 9.34. The zero-order valence-corrected chi connectivity index (χ0v) is 27.8. The van der Waals surface area contributed by atoms with E-state index in [4.69, 9.17) is 14.2 Å². The molecule has 0 bridgehead atoms. The van der Waals surface area contributed by atoms with Gasteiger partial charge in [0.25, 0.3) is 5.91 Å². The fourth-order valence-corrected chi connectivity index (χ4v) is 6.73. The topological polar surface area (TPSA) is 97.3 Å². The van der Waals surface area contributed by atoms with E-state index in [9.17, 15) is 14.7 Å². The number of carbonyl (C=O) groups excluding carboxylic acids is 2. The van der Waals surface area contributed by atoms with Gasteiger partial charge in [0, 0.05) is 44.1 Å². The summed E-state index contributed by atoms with van der Waals surface area (Å²) in [4.78, 5) is 26.1. The van der Waals surface area contributed by atoms with E-state index in [1.165, 1.54) is 32.6 Å². The summed E-state index contributed by atoms with van der Waals surface area (Å²) in [5.41, 5.74) is 5.81. The fraction of sp³-hybridized carbons (Fsp3) is 0.436. The average Bonchev–Trinajstić information content (AvgIpc) is 3.63. The van der Waals surface area contributed by atoms with Gasteiger partial charge in [0.15, 0.2) is 12.4 Å². The van der Waals surface area contributed by atoms with Crippen LogP contribution in [-0.2, 0) is 37.0 Å². The van der Waals surface area contributed by atoms with Crippen LogP contribution in [0.5, 0.6) is 0 Å². The highest BCUT2D eigenvalue weighted by Crippen LogP contribution is 2.43. The van der Waals surface area contributed by atoms with E-state index < -0.39 is 18.4 Å². The van der Waals surface area contributed by atoms with Gasteiger partial charge in [-0.1, -0.05) is 86.5 Å². The van der Waals surface area contributed by atoms with Crippen molar-refractivity contribution in [2.75, 3.05) is 13.1 Å². The largest absolute Gasteiger partial charge is 0.453 e. The maximum Gasteiger partial charge on any atom is 0.303 e. The van der Waals surface area contributed by atoms with Gasteiger partial charge in [0.05, 0.1) is 18.8 Å². The Morgan fingerprint density at radius 2 is 1.70 bits per heavy atom. The number of rotatable bonds is 13. The molecule has 2 N–H and O–H groups in total. The van der Waals surface area contributed by atoms with Crippen LogP contribution in [-0.4, -0.2) is 53.2 Å². The lowest BCUT2D eigenvalue weighted by Gasteiger charge is -2.43. The molecule has 5 unspecified atom stereocenters. The highest BCUT2D eigenvalue weighted by atomic mass is 16.7. The van der Waals surface area contributed by atoms with Crippen LogP contribution in [0.25, 0.3) is 11.1 Å². The van der Waals surface area contributed by atoms with Gasteiger partial charge in [0.1, 0.15) is 0 Å². The molecule has 2 fully saturated rings. The first-order valence-corrected chi connectivity index (χ1v) is 16.8. The number of amides is 1. The monoisotopic (exact) mass is 640 g/mol. The quantitative estimate of drug-likeness (QED) is 0.160. The van der Waals surface area contributed by atoms with Crippen molar-refractivity contribution in [2.24, 2.45) is 5.92 Å². The van der Waals surface area contributed by atoms with Crippen molar-refractivity contribution in [2.45, 2.75) is 90.2 Å². The standard InChI is InChI=1S/C39H48N2O6/c1-5-20-41(35-14-6-7-15-35)24-36-26(2)37(31-18-16-29(25-42)17-19-31)47-39(46-36)34-13-9-12-33(22-34)32-11-8-10-30(21-32)23-40-38(44)27(3)45-28(4)43/h5,8-13,16-19,21-22,26-27,35-37,39,42H,1,6-7,14-15,20,23-25H2,2-4H3,(H,40,44). The van der Waals surface area contributed by atoms with Crippen LogP contribution in [0.3, 0.4) is 0 Å². The molecular weight excluding hydrogens is 592 g/mol. The Kier molecular flexibility index (Phi) is 12.0. The lowest BCUT2D eigenvalue weighted by molar-refractivity contribution is -0.276. The summed E-state index contributed by atoms with van der Waals surface area (Å²) in [7, 11) is 0. The number of aliphatic hydroxyl groups is 1. The normalized spacial score (nSPS) is 22.1. The molecule has 2 aliphatic rings. The van der Waals surface area contributed by atoms with Crippen LogP contribution < -0.4 is 5.32 Å². The third kappa shape index (κ3) is 8.96.